The molecule has 0 heterocycles. The maximum absolute atomic E-state index is 6.13. The van der Waals surface area contributed by atoms with Crippen molar-refractivity contribution >= 4 is 5.71 Å². The fourth-order valence-corrected chi connectivity index (χ4v) is 3.50. The minimum atomic E-state index is -0.0878. The van der Waals surface area contributed by atoms with Gasteiger partial charge in [0.1, 0.15) is 25.2 Å². The van der Waals surface area contributed by atoms with Crippen LogP contribution in [0, 0.1) is 19.3 Å². The van der Waals surface area contributed by atoms with Crippen molar-refractivity contribution in [2.45, 2.75) is 54.4 Å². The highest BCUT2D eigenvalue weighted by molar-refractivity contribution is 6.03. The lowest BCUT2D eigenvalue weighted by Gasteiger charge is -2.21. The minimum absolute atomic E-state index is 0.0878. The summed E-state index contributed by atoms with van der Waals surface area (Å²) in [4.78, 5) is 5.09. The van der Waals surface area contributed by atoms with Crippen LogP contribution in [0.25, 0.3) is 0 Å². The average Bonchev–Trinajstić information content (AvgIpc) is 2.70. The van der Waals surface area contributed by atoms with Gasteiger partial charge in [0.25, 0.3) is 0 Å². The number of benzene rings is 2. The molecule has 0 aliphatic carbocycles. The Morgan fingerprint density at radius 1 is 1.03 bits per heavy atom. The average molecular weight is 424 g/mol. The lowest BCUT2D eigenvalue weighted by Crippen LogP contribution is -2.22. The Morgan fingerprint density at radius 3 is 2.35 bits per heavy atom. The Hall–Kier alpha value is -2.75. The number of hydrogen-bond donors (Lipinski definition) is 0. The lowest BCUT2D eigenvalue weighted by atomic mass is 9.85. The van der Waals surface area contributed by atoms with Crippen LogP contribution in [0.1, 0.15) is 56.4 Å². The van der Waals surface area contributed by atoms with Gasteiger partial charge in [-0.25, -0.2) is 0 Å². The fourth-order valence-electron chi connectivity index (χ4n) is 3.50. The van der Waals surface area contributed by atoms with Crippen molar-refractivity contribution in [3.63, 3.8) is 0 Å². The molecule has 2 rings (SSSR count). The number of oxime groups is 1. The van der Waals surface area contributed by atoms with Gasteiger partial charge in [0, 0.05) is 11.0 Å². The first-order valence-corrected chi connectivity index (χ1v) is 10.9. The Labute approximate surface area is 187 Å². The van der Waals surface area contributed by atoms with Crippen molar-refractivity contribution in [2.75, 3.05) is 20.3 Å². The first kappa shape index (κ1) is 24.5. The second-order valence-electron chi connectivity index (χ2n) is 8.79. The molecular formula is C27H37NO3. The van der Waals surface area contributed by atoms with E-state index in [0.29, 0.717) is 13.2 Å². The molecule has 2 aromatic carbocycles. The predicted octanol–water partition coefficient (Wildman–Crippen LogP) is 6.67. The molecule has 0 fully saturated rings. The van der Waals surface area contributed by atoms with Gasteiger partial charge >= 0.3 is 0 Å². The summed E-state index contributed by atoms with van der Waals surface area (Å²) in [5.74, 6) is 1.83. The Balaban J connectivity index is 1.97. The van der Waals surface area contributed by atoms with Crippen molar-refractivity contribution in [3.05, 3.63) is 70.8 Å². The summed E-state index contributed by atoms with van der Waals surface area (Å²) in [5.41, 5.74) is 5.45. The summed E-state index contributed by atoms with van der Waals surface area (Å²) in [6, 6.07) is 12.6. The molecule has 0 radical (unpaired) electrons. The molecule has 0 aliphatic heterocycles. The van der Waals surface area contributed by atoms with Crippen molar-refractivity contribution in [2.24, 2.45) is 10.6 Å². The molecule has 0 atom stereocenters. The van der Waals surface area contributed by atoms with Crippen LogP contribution in [0.4, 0.5) is 0 Å². The van der Waals surface area contributed by atoms with E-state index in [1.807, 2.05) is 31.2 Å². The summed E-state index contributed by atoms with van der Waals surface area (Å²) >= 11 is 0. The summed E-state index contributed by atoms with van der Waals surface area (Å²) in [7, 11) is 1.60. The van der Waals surface area contributed by atoms with Crippen LogP contribution in [-0.2, 0) is 11.3 Å². The Morgan fingerprint density at radius 2 is 1.74 bits per heavy atom. The van der Waals surface area contributed by atoms with E-state index < -0.39 is 0 Å². The monoisotopic (exact) mass is 423 g/mol. The van der Waals surface area contributed by atoms with E-state index in [1.165, 1.54) is 5.56 Å². The maximum Gasteiger partial charge on any atom is 0.125 e. The first-order chi connectivity index (χ1) is 14.8. The van der Waals surface area contributed by atoms with Crippen LogP contribution in [0.3, 0.4) is 0 Å². The SMILES string of the molecule is C/C=C/COc1cc(C)c(OCCCc2cccc(/C(=N\OC)C(C)(C)C)c2)c(C)c1. The van der Waals surface area contributed by atoms with Crippen LogP contribution in [-0.4, -0.2) is 26.0 Å². The highest BCUT2D eigenvalue weighted by Gasteiger charge is 2.22. The van der Waals surface area contributed by atoms with Crippen LogP contribution >= 0.6 is 0 Å². The van der Waals surface area contributed by atoms with Gasteiger partial charge in [-0.15, -0.1) is 0 Å². The molecule has 0 unspecified atom stereocenters. The van der Waals surface area contributed by atoms with Gasteiger partial charge in [-0.05, 0) is 68.5 Å². The smallest absolute Gasteiger partial charge is 0.125 e. The maximum atomic E-state index is 6.13. The van der Waals surface area contributed by atoms with Crippen LogP contribution in [0.2, 0.25) is 0 Å². The molecule has 0 saturated heterocycles. The largest absolute Gasteiger partial charge is 0.493 e. The molecule has 0 bridgehead atoms. The number of nitrogens with zero attached hydrogens (tertiary/aromatic N) is 1. The summed E-state index contributed by atoms with van der Waals surface area (Å²) in [6.07, 6.45) is 5.87. The molecule has 0 spiro atoms. The Kier molecular flexibility index (Phi) is 9.17. The molecule has 4 nitrogen and oxygen atoms in total. The molecule has 0 aromatic heterocycles. The highest BCUT2D eigenvalue weighted by atomic mass is 16.6. The molecule has 4 heteroatoms. The van der Waals surface area contributed by atoms with Crippen LogP contribution in [0.5, 0.6) is 11.5 Å². The van der Waals surface area contributed by atoms with Crippen molar-refractivity contribution in [1.29, 1.82) is 0 Å². The molecule has 0 saturated carbocycles. The van der Waals surface area contributed by atoms with Gasteiger partial charge in [-0.3, -0.25) is 0 Å². The third kappa shape index (κ3) is 7.46. The zero-order valence-electron chi connectivity index (χ0n) is 20.1. The second kappa shape index (κ2) is 11.6. The van der Waals surface area contributed by atoms with E-state index >= 15 is 0 Å². The molecule has 2 aromatic rings. The van der Waals surface area contributed by atoms with E-state index in [-0.39, 0.29) is 5.41 Å². The third-order valence-corrected chi connectivity index (χ3v) is 4.97. The predicted molar refractivity (Wildman–Crippen MR) is 129 cm³/mol. The molecular weight excluding hydrogens is 386 g/mol. The van der Waals surface area contributed by atoms with Crippen LogP contribution in [0.15, 0.2) is 53.7 Å². The van der Waals surface area contributed by atoms with Crippen molar-refractivity contribution in [1.82, 2.24) is 0 Å². The first-order valence-electron chi connectivity index (χ1n) is 10.9. The third-order valence-electron chi connectivity index (χ3n) is 4.97. The number of aryl methyl sites for hydroxylation is 3. The van der Waals surface area contributed by atoms with E-state index in [2.05, 4.69) is 64.0 Å². The molecule has 0 amide bonds. The van der Waals surface area contributed by atoms with E-state index in [4.69, 9.17) is 14.3 Å². The normalized spacial score (nSPS) is 12.3. The Bertz CT molecular complexity index is 884. The fraction of sp³-hybridized carbons (Fsp3) is 0.444. The van der Waals surface area contributed by atoms with Crippen molar-refractivity contribution < 1.29 is 14.3 Å². The number of allylic oxidation sites excluding steroid dienone is 1. The van der Waals surface area contributed by atoms with Gasteiger partial charge in [0.2, 0.25) is 0 Å². The summed E-state index contributed by atoms with van der Waals surface area (Å²) in [5, 5.41) is 4.27. The second-order valence-corrected chi connectivity index (χ2v) is 8.79. The number of ether oxygens (including phenoxy) is 2. The van der Waals surface area contributed by atoms with E-state index in [1.54, 1.807) is 7.11 Å². The molecule has 0 aliphatic rings. The van der Waals surface area contributed by atoms with E-state index in [0.717, 1.165) is 46.7 Å². The quantitative estimate of drug-likeness (QED) is 0.185. The molecule has 168 valence electrons. The van der Waals surface area contributed by atoms with Crippen LogP contribution < -0.4 is 9.47 Å². The van der Waals surface area contributed by atoms with Gasteiger partial charge in [0.15, 0.2) is 0 Å². The zero-order valence-corrected chi connectivity index (χ0v) is 20.1. The number of rotatable bonds is 10. The van der Waals surface area contributed by atoms with Gasteiger partial charge < -0.3 is 14.3 Å². The van der Waals surface area contributed by atoms with Gasteiger partial charge in [0.05, 0.1) is 12.3 Å². The lowest BCUT2D eigenvalue weighted by molar-refractivity contribution is 0.209. The van der Waals surface area contributed by atoms with Gasteiger partial charge in [-0.2, -0.15) is 0 Å². The molecule has 0 N–H and O–H groups in total. The van der Waals surface area contributed by atoms with E-state index in [9.17, 15) is 0 Å². The summed E-state index contributed by atoms with van der Waals surface area (Å²) in [6.45, 7) is 13.8. The minimum Gasteiger partial charge on any atom is -0.493 e. The number of hydrogen-bond acceptors (Lipinski definition) is 4. The zero-order chi connectivity index (χ0) is 22.9. The molecule has 31 heavy (non-hydrogen) atoms. The van der Waals surface area contributed by atoms with Crippen molar-refractivity contribution in [3.8, 4) is 11.5 Å². The highest BCUT2D eigenvalue weighted by Crippen LogP contribution is 2.29. The summed E-state index contributed by atoms with van der Waals surface area (Å²) < 4.78 is 11.9. The standard InChI is InChI=1S/C27H37NO3/c1-8-9-15-30-24-17-20(2)25(21(3)18-24)31-16-11-13-22-12-10-14-23(19-22)26(28-29-7)27(4,5)6/h8-10,12,14,17-19H,11,13,15-16H2,1-7H3/b9-8+,28-26+. The topological polar surface area (TPSA) is 40.0 Å². The van der Waals surface area contributed by atoms with Gasteiger partial charge in [-0.1, -0.05) is 56.3 Å².